The van der Waals surface area contributed by atoms with E-state index in [1.165, 1.54) is 54.7 Å². The first-order valence-corrected chi connectivity index (χ1v) is 18.3. The lowest BCUT2D eigenvalue weighted by atomic mass is 9.85. The van der Waals surface area contributed by atoms with Gasteiger partial charge in [-0.15, -0.1) is 0 Å². The second-order valence-corrected chi connectivity index (χ2v) is 14.6. The number of para-hydroxylation sites is 3. The molecule has 4 nitrogen and oxygen atoms in total. The summed E-state index contributed by atoms with van der Waals surface area (Å²) in [6, 6.07) is 61.0. The highest BCUT2D eigenvalue weighted by atomic mass is 15.0. The number of aromatic nitrogens is 4. The molecule has 0 saturated heterocycles. The van der Waals surface area contributed by atoms with Gasteiger partial charge in [-0.25, -0.2) is 9.97 Å². The van der Waals surface area contributed by atoms with Crippen LogP contribution in [0.5, 0.6) is 0 Å². The summed E-state index contributed by atoms with van der Waals surface area (Å²) in [6.07, 6.45) is 0. The molecule has 1 aliphatic carbocycles. The van der Waals surface area contributed by atoms with Crippen molar-refractivity contribution in [3.05, 3.63) is 181 Å². The number of benzene rings is 7. The number of hydrogen-bond donors (Lipinski definition) is 0. The largest absolute Gasteiger partial charge is 0.307 e. The molecule has 3 aromatic heterocycles. The molecular weight excluding hydrogens is 645 g/mol. The van der Waals surface area contributed by atoms with Gasteiger partial charge in [0.1, 0.15) is 0 Å². The summed E-state index contributed by atoms with van der Waals surface area (Å²) in [4.78, 5) is 10.6. The summed E-state index contributed by atoms with van der Waals surface area (Å²) < 4.78 is 4.89. The van der Waals surface area contributed by atoms with Gasteiger partial charge >= 0.3 is 0 Å². The molecule has 0 amide bonds. The van der Waals surface area contributed by atoms with E-state index < -0.39 is 0 Å². The predicted molar refractivity (Wildman–Crippen MR) is 219 cm³/mol. The molecule has 0 fully saturated rings. The molecule has 53 heavy (non-hydrogen) atoms. The van der Waals surface area contributed by atoms with Crippen LogP contribution in [0.1, 0.15) is 25.1 Å². The fourth-order valence-electron chi connectivity index (χ4n) is 8.85. The zero-order chi connectivity index (χ0) is 35.3. The van der Waals surface area contributed by atoms with Crippen LogP contribution in [0.2, 0.25) is 0 Å². The van der Waals surface area contributed by atoms with E-state index in [1.807, 2.05) is 6.07 Å². The summed E-state index contributed by atoms with van der Waals surface area (Å²) in [5.74, 6) is 0.753. The first kappa shape index (κ1) is 29.9. The molecule has 0 N–H and O–H groups in total. The van der Waals surface area contributed by atoms with Crippen molar-refractivity contribution in [2.45, 2.75) is 19.3 Å². The van der Waals surface area contributed by atoms with Crippen LogP contribution in [-0.4, -0.2) is 19.1 Å². The molecule has 0 spiro atoms. The van der Waals surface area contributed by atoms with Gasteiger partial charge in [0.05, 0.1) is 33.5 Å². The molecule has 0 bridgehead atoms. The third kappa shape index (κ3) is 4.24. The molecule has 10 aromatic rings. The van der Waals surface area contributed by atoms with E-state index in [4.69, 9.17) is 9.97 Å². The van der Waals surface area contributed by atoms with Crippen LogP contribution in [0.4, 0.5) is 0 Å². The zero-order valence-corrected chi connectivity index (χ0v) is 29.5. The highest BCUT2D eigenvalue weighted by Crippen LogP contribution is 2.51. The average Bonchev–Trinajstić information content (AvgIpc) is 3.82. The molecule has 7 aromatic carbocycles. The van der Waals surface area contributed by atoms with E-state index in [1.54, 1.807) is 0 Å². The van der Waals surface area contributed by atoms with Crippen LogP contribution in [0.25, 0.3) is 88.8 Å². The quantitative estimate of drug-likeness (QED) is 0.186. The Morgan fingerprint density at radius 2 is 0.962 bits per heavy atom. The monoisotopic (exact) mass is 678 g/mol. The topological polar surface area (TPSA) is 35.6 Å². The Kier molecular flexibility index (Phi) is 6.27. The average molecular weight is 679 g/mol. The molecule has 0 radical (unpaired) electrons. The maximum Gasteiger partial charge on any atom is 0.160 e. The molecular formula is C49H34N4. The summed E-state index contributed by atoms with van der Waals surface area (Å²) in [5, 5.41) is 4.95. The van der Waals surface area contributed by atoms with Crippen molar-refractivity contribution in [3.63, 3.8) is 0 Å². The highest BCUT2D eigenvalue weighted by Gasteiger charge is 2.39. The summed E-state index contributed by atoms with van der Waals surface area (Å²) >= 11 is 0. The molecule has 3 heterocycles. The van der Waals surface area contributed by atoms with E-state index in [0.29, 0.717) is 0 Å². The van der Waals surface area contributed by atoms with Crippen molar-refractivity contribution >= 4 is 43.6 Å². The van der Waals surface area contributed by atoms with E-state index in [0.717, 1.165) is 45.3 Å². The Morgan fingerprint density at radius 1 is 0.434 bits per heavy atom. The number of rotatable bonds is 4. The van der Waals surface area contributed by atoms with Crippen LogP contribution >= 0.6 is 0 Å². The minimum absolute atomic E-state index is 0.251. The predicted octanol–water partition coefficient (Wildman–Crippen LogP) is 12.3. The molecule has 11 rings (SSSR count). The summed E-state index contributed by atoms with van der Waals surface area (Å²) in [5.41, 5.74) is 14.5. The SMILES string of the molecule is CC1(C)c2ccccc2-c2c(-c3ccc(-n4c5ccccc5c5ccc6c7ccccc7n(-c7ccccc7)c6c54)cc3)nc(-c3ccccc3)nc21. The second kappa shape index (κ2) is 11.1. The van der Waals surface area contributed by atoms with Gasteiger partial charge in [0.15, 0.2) is 5.82 Å². The molecule has 0 aliphatic heterocycles. The van der Waals surface area contributed by atoms with Gasteiger partial charge in [0.25, 0.3) is 0 Å². The van der Waals surface area contributed by atoms with Crippen LogP contribution < -0.4 is 0 Å². The van der Waals surface area contributed by atoms with Gasteiger partial charge in [-0.3, -0.25) is 0 Å². The van der Waals surface area contributed by atoms with Crippen molar-refractivity contribution in [1.82, 2.24) is 19.1 Å². The molecule has 0 saturated carbocycles. The maximum absolute atomic E-state index is 5.33. The van der Waals surface area contributed by atoms with E-state index in [2.05, 4.69) is 187 Å². The van der Waals surface area contributed by atoms with Crippen LogP contribution in [0, 0.1) is 0 Å². The smallest absolute Gasteiger partial charge is 0.160 e. The Bertz CT molecular complexity index is 3060. The van der Waals surface area contributed by atoms with Gasteiger partial charge in [0, 0.05) is 55.0 Å². The second-order valence-electron chi connectivity index (χ2n) is 14.6. The van der Waals surface area contributed by atoms with Gasteiger partial charge in [-0.2, -0.15) is 0 Å². The third-order valence-electron chi connectivity index (χ3n) is 11.3. The number of fused-ring (bicyclic) bond motifs is 10. The fraction of sp³-hybridized carbons (Fsp3) is 0.0612. The Hall–Kier alpha value is -6.78. The summed E-state index contributed by atoms with van der Waals surface area (Å²) in [6.45, 7) is 4.56. The van der Waals surface area contributed by atoms with Crippen molar-refractivity contribution in [3.8, 4) is 45.1 Å². The highest BCUT2D eigenvalue weighted by molar-refractivity contribution is 6.23. The standard InChI is InChI=1S/C49H34N4/c1-49(2)40-22-12-9-21-39(40)43-44(50-48(51-47(43)49)32-15-5-3-6-16-32)31-25-27-34(28-26-31)53-42-24-14-11-20-36(42)38-30-29-37-35-19-10-13-23-41(35)52(45(37)46(38)53)33-17-7-4-8-18-33/h3-30H,1-2H3. The van der Waals surface area contributed by atoms with E-state index in [-0.39, 0.29) is 5.41 Å². The van der Waals surface area contributed by atoms with Crippen LogP contribution in [0.15, 0.2) is 170 Å². The zero-order valence-electron chi connectivity index (χ0n) is 29.5. The molecule has 1 aliphatic rings. The van der Waals surface area contributed by atoms with Gasteiger partial charge in [0.2, 0.25) is 0 Å². The van der Waals surface area contributed by atoms with Crippen molar-refractivity contribution in [2.75, 3.05) is 0 Å². The first-order chi connectivity index (χ1) is 26.1. The van der Waals surface area contributed by atoms with Crippen LogP contribution in [0.3, 0.4) is 0 Å². The van der Waals surface area contributed by atoms with Crippen molar-refractivity contribution in [1.29, 1.82) is 0 Å². The van der Waals surface area contributed by atoms with Crippen molar-refractivity contribution < 1.29 is 0 Å². The molecule has 0 atom stereocenters. The Labute approximate surface area is 307 Å². The Morgan fingerprint density at radius 3 is 1.60 bits per heavy atom. The molecule has 250 valence electrons. The van der Waals surface area contributed by atoms with E-state index >= 15 is 0 Å². The van der Waals surface area contributed by atoms with Gasteiger partial charge in [-0.05, 0) is 47.5 Å². The molecule has 4 heteroatoms. The maximum atomic E-state index is 5.33. The molecule has 0 unspecified atom stereocenters. The van der Waals surface area contributed by atoms with E-state index in [9.17, 15) is 0 Å². The summed E-state index contributed by atoms with van der Waals surface area (Å²) in [7, 11) is 0. The fourth-order valence-corrected chi connectivity index (χ4v) is 8.85. The van der Waals surface area contributed by atoms with Crippen molar-refractivity contribution in [2.24, 2.45) is 0 Å². The van der Waals surface area contributed by atoms with Crippen LogP contribution in [-0.2, 0) is 5.41 Å². The Balaban J connectivity index is 1.18. The van der Waals surface area contributed by atoms with Gasteiger partial charge in [-0.1, -0.05) is 147 Å². The lowest BCUT2D eigenvalue weighted by Gasteiger charge is -2.21. The lowest BCUT2D eigenvalue weighted by Crippen LogP contribution is -2.17. The minimum Gasteiger partial charge on any atom is -0.307 e. The minimum atomic E-state index is -0.251. The third-order valence-corrected chi connectivity index (χ3v) is 11.3. The van der Waals surface area contributed by atoms with Gasteiger partial charge < -0.3 is 9.13 Å². The lowest BCUT2D eigenvalue weighted by molar-refractivity contribution is 0.636. The first-order valence-electron chi connectivity index (χ1n) is 18.3. The normalized spacial score (nSPS) is 13.2. The number of nitrogens with zero attached hydrogens (tertiary/aromatic N) is 4. The number of hydrogen-bond acceptors (Lipinski definition) is 2.